The second-order valence-corrected chi connectivity index (χ2v) is 16.2. The summed E-state index contributed by atoms with van der Waals surface area (Å²) < 4.78 is 34.3. The van der Waals surface area contributed by atoms with Crippen molar-refractivity contribution >= 4 is 34.2 Å². The monoisotopic (exact) mass is 524 g/mol. The molecule has 2 aromatic carbocycles. The second kappa shape index (κ2) is 12.1. The number of hydrogen-bond donors (Lipinski definition) is 2. The normalized spacial score (nSPS) is 13.2. The summed E-state index contributed by atoms with van der Waals surface area (Å²) in [5.41, 5.74) is -0.828. The predicted molar refractivity (Wildman–Crippen MR) is 141 cm³/mol. The van der Waals surface area contributed by atoms with Crippen molar-refractivity contribution in [3.63, 3.8) is 0 Å². The van der Waals surface area contributed by atoms with Crippen molar-refractivity contribution in [2.24, 2.45) is 0 Å². The molecule has 0 amide bonds. The number of aromatic carboxylic acids is 2. The van der Waals surface area contributed by atoms with Crippen LogP contribution in [-0.4, -0.2) is 49.1 Å². The first kappa shape index (κ1) is 29.0. The van der Waals surface area contributed by atoms with E-state index in [9.17, 15) is 28.2 Å². The van der Waals surface area contributed by atoms with Crippen molar-refractivity contribution in [3.05, 3.63) is 59.7 Å². The molecular weight excluding hydrogens is 487 g/mol. The maximum atomic E-state index is 13.9. The second-order valence-electron chi connectivity index (χ2n) is 9.08. The van der Waals surface area contributed by atoms with E-state index >= 15 is 0 Å². The fourth-order valence-corrected chi connectivity index (χ4v) is 14.3. The molecule has 0 atom stereocenters. The first-order chi connectivity index (χ1) is 16.5. The van der Waals surface area contributed by atoms with Crippen molar-refractivity contribution in [3.8, 4) is 0 Å². The van der Waals surface area contributed by atoms with Gasteiger partial charge in [0.25, 0.3) is 0 Å². The summed E-state index contributed by atoms with van der Waals surface area (Å²) >= 11 is 0. The Balaban J connectivity index is 2.84. The molecule has 2 aromatic rings. The zero-order chi connectivity index (χ0) is 26.1. The number of benzene rings is 2. The molecule has 9 heteroatoms. The van der Waals surface area contributed by atoms with Crippen LogP contribution in [0.2, 0.25) is 0 Å². The number of carbonyl (C=O) groups is 2. The Bertz CT molecular complexity index is 1070. The average Bonchev–Trinajstić information content (AvgIpc) is 2.85. The van der Waals surface area contributed by atoms with Gasteiger partial charge in [-0.3, -0.25) is 0 Å². The Labute approximate surface area is 208 Å². The Morgan fingerprint density at radius 3 is 1.57 bits per heavy atom. The molecule has 0 fully saturated rings. The minimum atomic E-state index is -4.50. The van der Waals surface area contributed by atoms with E-state index in [0.717, 1.165) is 62.0 Å². The summed E-state index contributed by atoms with van der Waals surface area (Å²) in [6, 6.07) is 12.5. The molecule has 0 aliphatic carbocycles. The zero-order valence-corrected chi connectivity index (χ0v) is 22.5. The number of unbranched alkanes of at least 4 members (excludes halogenated alkanes) is 3. The average molecular weight is 525 g/mol. The third-order valence-electron chi connectivity index (χ3n) is 6.48. The van der Waals surface area contributed by atoms with Crippen LogP contribution in [0.1, 0.15) is 80.0 Å². The van der Waals surface area contributed by atoms with Crippen LogP contribution >= 0.6 is 6.83 Å². The van der Waals surface area contributed by atoms with Crippen LogP contribution in [0.5, 0.6) is 0 Å². The number of carboxylic acid groups (broad SMARTS) is 2. The summed E-state index contributed by atoms with van der Waals surface area (Å²) in [5, 5.41) is 19.8. The third-order valence-corrected chi connectivity index (χ3v) is 15.3. The Hall–Kier alpha value is -2.28. The fourth-order valence-electron chi connectivity index (χ4n) is 4.55. The van der Waals surface area contributed by atoms with Crippen LogP contribution < -0.4 is 5.30 Å². The van der Waals surface area contributed by atoms with Crippen LogP contribution in [0, 0.1) is 0 Å². The van der Waals surface area contributed by atoms with Crippen molar-refractivity contribution in [1.29, 1.82) is 0 Å². The first-order valence-corrected chi connectivity index (χ1v) is 16.3. The van der Waals surface area contributed by atoms with Gasteiger partial charge in [-0.25, -0.2) is 0 Å². The van der Waals surface area contributed by atoms with E-state index in [1.807, 2.05) is 30.3 Å². The first-order valence-electron chi connectivity index (χ1n) is 12.2. The van der Waals surface area contributed by atoms with E-state index in [1.165, 1.54) is 0 Å². The Morgan fingerprint density at radius 2 is 1.20 bits per heavy atom. The van der Waals surface area contributed by atoms with Crippen molar-refractivity contribution in [2.75, 3.05) is 18.5 Å². The van der Waals surface area contributed by atoms with Gasteiger partial charge in [-0.15, -0.1) is 0 Å². The van der Waals surface area contributed by atoms with Gasteiger partial charge in [0.15, 0.2) is 0 Å². The number of carboxylic acids is 2. The van der Waals surface area contributed by atoms with Gasteiger partial charge in [0.05, 0.1) is 0 Å². The summed E-state index contributed by atoms with van der Waals surface area (Å²) in [6.07, 6.45) is 6.72. The van der Waals surface area contributed by atoms with E-state index in [-0.39, 0.29) is 0 Å². The molecular formula is C26H37O7PS. The van der Waals surface area contributed by atoms with E-state index in [1.54, 1.807) is 0 Å². The summed E-state index contributed by atoms with van der Waals surface area (Å²) in [4.78, 5) is 22.8. The molecule has 0 spiro atoms. The molecule has 0 radical (unpaired) electrons. The molecule has 194 valence electrons. The van der Waals surface area contributed by atoms with Crippen LogP contribution in [0.4, 0.5) is 0 Å². The molecule has 0 aliphatic heterocycles. The minimum absolute atomic E-state index is 0.414. The van der Waals surface area contributed by atoms with Gasteiger partial charge >= 0.3 is 209 Å². The van der Waals surface area contributed by atoms with E-state index in [4.69, 9.17) is 3.97 Å². The molecule has 0 saturated heterocycles. The molecule has 2 rings (SSSR count). The van der Waals surface area contributed by atoms with Crippen LogP contribution in [0.3, 0.4) is 0 Å². The third kappa shape index (κ3) is 6.69. The van der Waals surface area contributed by atoms with E-state index < -0.39 is 44.9 Å². The molecule has 0 unspecified atom stereocenters. The van der Waals surface area contributed by atoms with Crippen molar-refractivity contribution < 1.29 is 32.2 Å². The van der Waals surface area contributed by atoms with Crippen molar-refractivity contribution in [2.45, 2.75) is 64.2 Å². The van der Waals surface area contributed by atoms with Gasteiger partial charge in [0.1, 0.15) is 0 Å². The number of rotatable bonds is 15. The summed E-state index contributed by atoms with van der Waals surface area (Å²) in [6.45, 7) is 2.58. The molecule has 35 heavy (non-hydrogen) atoms. The van der Waals surface area contributed by atoms with Gasteiger partial charge < -0.3 is 0 Å². The van der Waals surface area contributed by atoms with Crippen LogP contribution in [0.15, 0.2) is 53.4 Å². The fraction of sp³-hybridized carbons (Fsp3) is 0.462. The van der Waals surface area contributed by atoms with Crippen molar-refractivity contribution in [1.82, 2.24) is 0 Å². The van der Waals surface area contributed by atoms with E-state index in [0.29, 0.717) is 18.5 Å². The molecule has 7 nitrogen and oxygen atoms in total. The topological polar surface area (TPSA) is 118 Å². The van der Waals surface area contributed by atoms with Gasteiger partial charge in [0.2, 0.25) is 0 Å². The van der Waals surface area contributed by atoms with Gasteiger partial charge in [0, 0.05) is 0 Å². The molecule has 0 bridgehead atoms. The standard InChI is InChI=1S/C26H37O7PS/c1-4-7-15-34(16-8-5-2,17-9-6-3,23-13-11-10-12-14-23)33-35(31,32)24-19-21(25(27)28)18-22(20-24)26(29)30/h10-14,18-20H,4-9,15-17H2,1-3H3,(H,27,28)(H,29,30). The molecule has 0 saturated carbocycles. The predicted octanol–water partition coefficient (Wildman–Crippen LogP) is 5.98. The SMILES string of the molecule is CCCCP(CCCC)(CCCC)(OS(=O)(=O)c1cc(C(=O)O)cc(C(=O)O)c1)c1ccccc1. The van der Waals surface area contributed by atoms with Crippen LogP contribution in [0.25, 0.3) is 0 Å². The maximum absolute atomic E-state index is 13.9. The number of hydrogen-bond acceptors (Lipinski definition) is 5. The van der Waals surface area contributed by atoms with Gasteiger partial charge in [-0.05, 0) is 0 Å². The van der Waals surface area contributed by atoms with Gasteiger partial charge in [-0.1, -0.05) is 0 Å². The quantitative estimate of drug-likeness (QED) is 0.275. The summed E-state index contributed by atoms with van der Waals surface area (Å²) in [7, 11) is -4.50. The summed E-state index contributed by atoms with van der Waals surface area (Å²) in [5.74, 6) is -2.82. The molecule has 0 aromatic heterocycles. The molecule has 0 heterocycles. The Kier molecular flexibility index (Phi) is 10.0. The van der Waals surface area contributed by atoms with E-state index in [2.05, 4.69) is 20.8 Å². The molecule has 2 N–H and O–H groups in total. The Morgan fingerprint density at radius 1 is 0.771 bits per heavy atom. The van der Waals surface area contributed by atoms with Crippen LogP contribution in [-0.2, 0) is 14.1 Å². The molecule has 0 aliphatic rings. The van der Waals surface area contributed by atoms with Gasteiger partial charge in [-0.2, -0.15) is 0 Å². The zero-order valence-electron chi connectivity index (χ0n) is 20.8.